The van der Waals surface area contributed by atoms with Crippen LogP contribution in [0.5, 0.6) is 0 Å². The fourth-order valence-corrected chi connectivity index (χ4v) is 0.867. The van der Waals surface area contributed by atoms with Gasteiger partial charge in [0.15, 0.2) is 0 Å². The summed E-state index contributed by atoms with van der Waals surface area (Å²) in [7, 11) is 1.74. The highest BCUT2D eigenvalue weighted by atomic mass is 16.3. The lowest BCUT2D eigenvalue weighted by atomic mass is 10.3. The summed E-state index contributed by atoms with van der Waals surface area (Å²) < 4.78 is 1.55. The third kappa shape index (κ3) is 2.87. The highest BCUT2D eigenvalue weighted by molar-refractivity contribution is 5.92. The summed E-state index contributed by atoms with van der Waals surface area (Å²) in [6.45, 7) is 1.86. The summed E-state index contributed by atoms with van der Waals surface area (Å²) >= 11 is 0. The first-order valence-electron chi connectivity index (χ1n) is 4.05. The zero-order chi connectivity index (χ0) is 9.84. The average Bonchev–Trinajstić information content (AvgIpc) is 2.47. The van der Waals surface area contributed by atoms with E-state index < -0.39 is 6.10 Å². The summed E-state index contributed by atoms with van der Waals surface area (Å²) in [5.74, 6) is -0.262. The fraction of sp³-hybridized carbons (Fsp3) is 0.500. The summed E-state index contributed by atoms with van der Waals surface area (Å²) in [6.07, 6.45) is 1.16. The van der Waals surface area contributed by atoms with E-state index in [4.69, 9.17) is 5.11 Å². The van der Waals surface area contributed by atoms with E-state index in [9.17, 15) is 4.79 Å². The molecule has 0 fully saturated rings. The van der Waals surface area contributed by atoms with Crippen LogP contribution in [0.1, 0.15) is 17.4 Å². The van der Waals surface area contributed by atoms with Crippen LogP contribution in [0.25, 0.3) is 0 Å². The van der Waals surface area contributed by atoms with Crippen LogP contribution in [0, 0.1) is 0 Å². The van der Waals surface area contributed by atoms with E-state index in [2.05, 4.69) is 10.4 Å². The number of aryl methyl sites for hydroxylation is 1. The molecule has 5 nitrogen and oxygen atoms in total. The Morgan fingerprint density at radius 2 is 2.54 bits per heavy atom. The maximum Gasteiger partial charge on any atom is 0.271 e. The van der Waals surface area contributed by atoms with Gasteiger partial charge in [0.25, 0.3) is 5.91 Å². The predicted molar refractivity (Wildman–Crippen MR) is 47.2 cm³/mol. The summed E-state index contributed by atoms with van der Waals surface area (Å²) in [5, 5.41) is 15.4. The molecule has 0 aliphatic heterocycles. The monoisotopic (exact) mass is 183 g/mol. The largest absolute Gasteiger partial charge is 0.392 e. The molecule has 0 spiro atoms. The number of aromatic nitrogens is 2. The van der Waals surface area contributed by atoms with Crippen LogP contribution in [0.2, 0.25) is 0 Å². The van der Waals surface area contributed by atoms with Crippen molar-refractivity contribution >= 4 is 5.91 Å². The molecule has 2 N–H and O–H groups in total. The van der Waals surface area contributed by atoms with Gasteiger partial charge in [0.1, 0.15) is 5.69 Å². The Labute approximate surface area is 76.4 Å². The molecular weight excluding hydrogens is 170 g/mol. The number of carbonyl (C=O) groups is 1. The zero-order valence-electron chi connectivity index (χ0n) is 7.69. The third-order valence-electron chi connectivity index (χ3n) is 1.50. The minimum absolute atomic E-state index is 0.245. The van der Waals surface area contributed by atoms with Crippen molar-refractivity contribution in [1.29, 1.82) is 0 Å². The SMILES string of the molecule is CC(O)CNC(=O)c1ccn(C)n1. The van der Waals surface area contributed by atoms with Crippen molar-refractivity contribution in [3.05, 3.63) is 18.0 Å². The van der Waals surface area contributed by atoms with Gasteiger partial charge in [0.05, 0.1) is 6.10 Å². The van der Waals surface area contributed by atoms with Gasteiger partial charge in [0.2, 0.25) is 0 Å². The molecule has 1 aromatic heterocycles. The lowest BCUT2D eigenvalue weighted by Crippen LogP contribution is -2.30. The predicted octanol–water partition coefficient (Wildman–Crippen LogP) is -0.469. The van der Waals surface area contributed by atoms with Crippen molar-refractivity contribution in [3.63, 3.8) is 0 Å². The van der Waals surface area contributed by atoms with E-state index in [0.29, 0.717) is 5.69 Å². The molecule has 0 bridgehead atoms. The van der Waals surface area contributed by atoms with Gasteiger partial charge in [0, 0.05) is 19.8 Å². The van der Waals surface area contributed by atoms with E-state index in [1.807, 2.05) is 0 Å². The average molecular weight is 183 g/mol. The number of hydrogen-bond acceptors (Lipinski definition) is 3. The van der Waals surface area contributed by atoms with E-state index in [1.165, 1.54) is 0 Å². The number of carbonyl (C=O) groups excluding carboxylic acids is 1. The Hall–Kier alpha value is -1.36. The van der Waals surface area contributed by atoms with Gasteiger partial charge in [-0.3, -0.25) is 9.48 Å². The van der Waals surface area contributed by atoms with Crippen LogP contribution in [0.15, 0.2) is 12.3 Å². The summed E-state index contributed by atoms with van der Waals surface area (Å²) in [5.41, 5.74) is 0.364. The Morgan fingerprint density at radius 3 is 3.00 bits per heavy atom. The van der Waals surface area contributed by atoms with Gasteiger partial charge >= 0.3 is 0 Å². The first-order valence-corrected chi connectivity index (χ1v) is 4.05. The molecule has 0 aliphatic rings. The Kier molecular flexibility index (Phi) is 3.02. The minimum Gasteiger partial charge on any atom is -0.392 e. The first kappa shape index (κ1) is 9.73. The molecule has 72 valence electrons. The number of aliphatic hydroxyl groups is 1. The molecule has 0 radical (unpaired) electrons. The molecular formula is C8H13N3O2. The van der Waals surface area contributed by atoms with Crippen LogP contribution in [-0.2, 0) is 7.05 Å². The zero-order valence-corrected chi connectivity index (χ0v) is 7.69. The number of nitrogens with one attached hydrogen (secondary N) is 1. The molecule has 13 heavy (non-hydrogen) atoms. The normalized spacial score (nSPS) is 12.5. The van der Waals surface area contributed by atoms with Crippen LogP contribution in [0.3, 0.4) is 0 Å². The van der Waals surface area contributed by atoms with Gasteiger partial charge in [-0.05, 0) is 13.0 Å². The molecule has 0 saturated heterocycles. The lowest BCUT2D eigenvalue weighted by Gasteiger charge is -2.04. The van der Waals surface area contributed by atoms with E-state index in [-0.39, 0.29) is 12.5 Å². The van der Waals surface area contributed by atoms with Crippen molar-refractivity contribution in [3.8, 4) is 0 Å². The van der Waals surface area contributed by atoms with Crippen molar-refractivity contribution < 1.29 is 9.90 Å². The Morgan fingerprint density at radius 1 is 1.85 bits per heavy atom. The summed E-state index contributed by atoms with van der Waals surface area (Å²) in [4.78, 5) is 11.3. The highest BCUT2D eigenvalue weighted by Crippen LogP contribution is 1.93. The molecule has 5 heteroatoms. The number of rotatable bonds is 3. The standard InChI is InChI=1S/C8H13N3O2/c1-6(12)5-9-8(13)7-3-4-11(2)10-7/h3-4,6,12H,5H2,1-2H3,(H,9,13). The van der Waals surface area contributed by atoms with Crippen molar-refractivity contribution in [2.75, 3.05) is 6.54 Å². The van der Waals surface area contributed by atoms with E-state index in [0.717, 1.165) is 0 Å². The Bertz CT molecular complexity index is 293. The number of hydrogen-bond donors (Lipinski definition) is 2. The molecule has 1 atom stereocenters. The second-order valence-electron chi connectivity index (χ2n) is 2.93. The second kappa shape index (κ2) is 4.04. The first-order chi connectivity index (χ1) is 6.09. The molecule has 1 unspecified atom stereocenters. The van der Waals surface area contributed by atoms with Crippen molar-refractivity contribution in [2.24, 2.45) is 7.05 Å². The lowest BCUT2D eigenvalue weighted by molar-refractivity contribution is 0.0918. The fourth-order valence-electron chi connectivity index (χ4n) is 0.867. The van der Waals surface area contributed by atoms with Gasteiger partial charge in [-0.25, -0.2) is 0 Å². The van der Waals surface area contributed by atoms with Crippen LogP contribution < -0.4 is 5.32 Å². The maximum absolute atomic E-state index is 11.3. The number of nitrogens with zero attached hydrogens (tertiary/aromatic N) is 2. The van der Waals surface area contributed by atoms with Crippen LogP contribution >= 0.6 is 0 Å². The van der Waals surface area contributed by atoms with E-state index >= 15 is 0 Å². The number of amides is 1. The maximum atomic E-state index is 11.3. The topological polar surface area (TPSA) is 67.2 Å². The quantitative estimate of drug-likeness (QED) is 0.665. The van der Waals surface area contributed by atoms with Crippen LogP contribution in [0.4, 0.5) is 0 Å². The van der Waals surface area contributed by atoms with Crippen molar-refractivity contribution in [2.45, 2.75) is 13.0 Å². The smallest absolute Gasteiger partial charge is 0.271 e. The molecule has 1 heterocycles. The molecule has 1 amide bonds. The van der Waals surface area contributed by atoms with Gasteiger partial charge < -0.3 is 10.4 Å². The van der Waals surface area contributed by atoms with E-state index in [1.54, 1.807) is 30.9 Å². The van der Waals surface area contributed by atoms with Crippen molar-refractivity contribution in [1.82, 2.24) is 15.1 Å². The minimum atomic E-state index is -0.535. The highest BCUT2D eigenvalue weighted by Gasteiger charge is 2.08. The third-order valence-corrected chi connectivity index (χ3v) is 1.50. The summed E-state index contributed by atoms with van der Waals surface area (Å²) in [6, 6.07) is 1.62. The Balaban J connectivity index is 2.49. The molecule has 1 aromatic rings. The van der Waals surface area contributed by atoms with Gasteiger partial charge in [-0.2, -0.15) is 5.10 Å². The van der Waals surface area contributed by atoms with Crippen LogP contribution in [-0.4, -0.2) is 33.4 Å². The van der Waals surface area contributed by atoms with Gasteiger partial charge in [-0.15, -0.1) is 0 Å². The molecule has 0 aliphatic carbocycles. The molecule has 1 rings (SSSR count). The second-order valence-corrected chi connectivity index (χ2v) is 2.93. The molecule has 0 aromatic carbocycles. The number of aliphatic hydroxyl groups excluding tert-OH is 1. The van der Waals surface area contributed by atoms with Gasteiger partial charge in [-0.1, -0.05) is 0 Å². The molecule has 0 saturated carbocycles.